The molecule has 17 heavy (non-hydrogen) atoms. The van der Waals surface area contributed by atoms with Gasteiger partial charge in [-0.15, -0.1) is 0 Å². The van der Waals surface area contributed by atoms with Crippen molar-refractivity contribution >= 4 is 44.8 Å². The maximum Gasteiger partial charge on any atom is 0.242 e. The van der Waals surface area contributed by atoms with Crippen LogP contribution < -0.4 is 4.72 Å². The van der Waals surface area contributed by atoms with Gasteiger partial charge < -0.3 is 4.74 Å². The van der Waals surface area contributed by atoms with Crippen molar-refractivity contribution in [3.63, 3.8) is 0 Å². The molecule has 0 amide bonds. The molecule has 1 rings (SSSR count). The van der Waals surface area contributed by atoms with Gasteiger partial charge in [0.15, 0.2) is 6.23 Å². The molecule has 0 aliphatic rings. The Morgan fingerprint density at radius 3 is 2.18 bits per heavy atom. The molecule has 0 saturated carbocycles. The molecule has 8 heteroatoms. The molecule has 0 unspecified atom stereocenters. The molecule has 1 aromatic rings. The maximum absolute atomic E-state index is 11.9. The Kier molecular flexibility index (Phi) is 5.07. The van der Waals surface area contributed by atoms with Crippen LogP contribution in [0.2, 0.25) is 0 Å². The molecule has 0 aromatic heterocycles. The number of ether oxygens (including phenoxy) is 1. The van der Waals surface area contributed by atoms with Crippen molar-refractivity contribution < 1.29 is 13.2 Å². The van der Waals surface area contributed by atoms with E-state index < -0.39 is 20.0 Å². The average molecular weight is 319 g/mol. The highest BCUT2D eigenvalue weighted by Crippen LogP contribution is 2.31. The van der Waals surface area contributed by atoms with Crippen LogP contribution in [0.5, 0.6) is 0 Å². The summed E-state index contributed by atoms with van der Waals surface area (Å²) in [4.78, 5) is 0.0660. The molecule has 0 heterocycles. The zero-order chi connectivity index (χ0) is 13.1. The number of nitrogens with one attached hydrogen (secondary N) is 1. The fourth-order valence-electron chi connectivity index (χ4n) is 1.06. The second-order valence-electron chi connectivity index (χ2n) is 3.09. The number of benzene rings is 1. The lowest BCUT2D eigenvalue weighted by Crippen LogP contribution is -2.44. The van der Waals surface area contributed by atoms with Gasteiger partial charge in [0, 0.05) is 7.11 Å². The average Bonchev–Trinajstić information content (AvgIpc) is 2.25. The van der Waals surface area contributed by atoms with E-state index in [0.29, 0.717) is 0 Å². The molecule has 4 nitrogen and oxygen atoms in total. The van der Waals surface area contributed by atoms with Crippen molar-refractivity contribution in [1.29, 1.82) is 0 Å². The quantitative estimate of drug-likeness (QED) is 0.684. The van der Waals surface area contributed by atoms with E-state index in [1.165, 1.54) is 19.2 Å². The Balaban J connectivity index is 2.95. The Hall–Kier alpha value is -0.0400. The molecule has 0 aliphatic heterocycles. The predicted molar refractivity (Wildman–Crippen MR) is 67.9 cm³/mol. The summed E-state index contributed by atoms with van der Waals surface area (Å²) in [5.74, 6) is 0. The first-order valence-corrected chi connectivity index (χ1v) is 7.06. The molecule has 0 aliphatic carbocycles. The summed E-state index contributed by atoms with van der Waals surface area (Å²) in [7, 11) is -2.55. The van der Waals surface area contributed by atoms with Crippen molar-refractivity contribution in [1.82, 2.24) is 4.72 Å². The van der Waals surface area contributed by atoms with E-state index >= 15 is 0 Å². The Morgan fingerprint density at radius 2 is 1.76 bits per heavy atom. The van der Waals surface area contributed by atoms with E-state index in [9.17, 15) is 8.42 Å². The Labute approximate surface area is 115 Å². The first kappa shape index (κ1) is 15.0. The van der Waals surface area contributed by atoms with Crippen molar-refractivity contribution in [2.24, 2.45) is 0 Å². The first-order chi connectivity index (χ1) is 7.77. The van der Waals surface area contributed by atoms with Crippen molar-refractivity contribution in [2.45, 2.75) is 14.9 Å². The minimum absolute atomic E-state index is 0.0660. The lowest BCUT2D eigenvalue weighted by molar-refractivity contribution is 0.0969. The van der Waals surface area contributed by atoms with Gasteiger partial charge >= 0.3 is 0 Å². The second kappa shape index (κ2) is 5.73. The van der Waals surface area contributed by atoms with Crippen molar-refractivity contribution in [3.8, 4) is 0 Å². The summed E-state index contributed by atoms with van der Waals surface area (Å²) in [6, 6.07) is 7.72. The zero-order valence-corrected chi connectivity index (χ0v) is 11.8. The van der Waals surface area contributed by atoms with Crippen LogP contribution in [0.3, 0.4) is 0 Å². The molecule has 0 spiro atoms. The molecule has 0 fully saturated rings. The molecule has 1 N–H and O–H groups in total. The number of sulfonamides is 1. The van der Waals surface area contributed by atoms with Gasteiger partial charge in [0.05, 0.1) is 4.90 Å². The van der Waals surface area contributed by atoms with E-state index in [2.05, 4.69) is 4.72 Å². The second-order valence-corrected chi connectivity index (χ2v) is 7.17. The third-order valence-corrected chi connectivity index (χ3v) is 3.86. The molecule has 1 aromatic carbocycles. The van der Waals surface area contributed by atoms with E-state index in [4.69, 9.17) is 39.5 Å². The Morgan fingerprint density at radius 1 is 1.24 bits per heavy atom. The van der Waals surface area contributed by atoms with Gasteiger partial charge in [0.1, 0.15) is 0 Å². The standard InChI is InChI=1S/C9H10Cl3NO3S/c1-16-8(9(10,11)12)13-17(14,15)7-5-3-2-4-6-7/h2-6,8,13H,1H3/t8-/m1/s1. The lowest BCUT2D eigenvalue weighted by Gasteiger charge is -2.23. The SMILES string of the molecule is CO[C@@H](NS(=O)(=O)c1ccccc1)C(Cl)(Cl)Cl. The van der Waals surface area contributed by atoms with E-state index in [-0.39, 0.29) is 4.90 Å². The summed E-state index contributed by atoms with van der Waals surface area (Å²) in [6.07, 6.45) is -1.27. The van der Waals surface area contributed by atoms with E-state index in [0.717, 1.165) is 0 Å². The van der Waals surface area contributed by atoms with Gasteiger partial charge in [0.25, 0.3) is 0 Å². The summed E-state index contributed by atoms with van der Waals surface area (Å²) in [5.41, 5.74) is 0. The van der Waals surface area contributed by atoms with Crippen LogP contribution in [0.1, 0.15) is 0 Å². The van der Waals surface area contributed by atoms with E-state index in [1.54, 1.807) is 18.2 Å². The van der Waals surface area contributed by atoms with Crippen LogP contribution in [0.4, 0.5) is 0 Å². The van der Waals surface area contributed by atoms with Gasteiger partial charge in [-0.25, -0.2) is 8.42 Å². The molecule has 96 valence electrons. The van der Waals surface area contributed by atoms with E-state index in [1.807, 2.05) is 0 Å². The fraction of sp³-hybridized carbons (Fsp3) is 0.333. The minimum Gasteiger partial charge on any atom is -0.361 e. The van der Waals surface area contributed by atoms with Crippen LogP contribution in [0.25, 0.3) is 0 Å². The largest absolute Gasteiger partial charge is 0.361 e. The fourth-order valence-corrected chi connectivity index (χ4v) is 2.89. The molecule has 0 radical (unpaired) electrons. The van der Waals surface area contributed by atoms with Crippen LogP contribution in [-0.4, -0.2) is 25.5 Å². The molecule has 0 bridgehead atoms. The van der Waals surface area contributed by atoms with Gasteiger partial charge in [0.2, 0.25) is 13.8 Å². The highest BCUT2D eigenvalue weighted by molar-refractivity contribution is 7.89. The number of hydrogen-bond acceptors (Lipinski definition) is 3. The third-order valence-electron chi connectivity index (χ3n) is 1.85. The molecule has 1 atom stereocenters. The molecular weight excluding hydrogens is 309 g/mol. The highest BCUT2D eigenvalue weighted by atomic mass is 35.6. The van der Waals surface area contributed by atoms with Crippen LogP contribution in [-0.2, 0) is 14.8 Å². The highest BCUT2D eigenvalue weighted by Gasteiger charge is 2.36. The smallest absolute Gasteiger partial charge is 0.242 e. The lowest BCUT2D eigenvalue weighted by atomic mass is 10.4. The van der Waals surface area contributed by atoms with Gasteiger partial charge in [-0.1, -0.05) is 53.0 Å². The number of methoxy groups -OCH3 is 1. The number of halogens is 3. The summed E-state index contributed by atoms with van der Waals surface area (Å²) in [6.45, 7) is 0. The Bertz CT molecular complexity index is 458. The van der Waals surface area contributed by atoms with Gasteiger partial charge in [-0.2, -0.15) is 4.72 Å². The zero-order valence-electron chi connectivity index (χ0n) is 8.73. The van der Waals surface area contributed by atoms with Crippen LogP contribution >= 0.6 is 34.8 Å². The van der Waals surface area contributed by atoms with Crippen LogP contribution in [0.15, 0.2) is 35.2 Å². The molecule has 0 saturated heterocycles. The van der Waals surface area contributed by atoms with Gasteiger partial charge in [-0.05, 0) is 12.1 Å². The predicted octanol–water partition coefficient (Wildman–Crippen LogP) is 2.31. The van der Waals surface area contributed by atoms with Crippen molar-refractivity contribution in [3.05, 3.63) is 30.3 Å². The third kappa shape index (κ3) is 4.28. The first-order valence-electron chi connectivity index (χ1n) is 4.44. The van der Waals surface area contributed by atoms with Crippen molar-refractivity contribution in [2.75, 3.05) is 7.11 Å². The number of alkyl halides is 3. The maximum atomic E-state index is 11.9. The summed E-state index contributed by atoms with van der Waals surface area (Å²) >= 11 is 16.7. The normalized spacial score (nSPS) is 14.6. The van der Waals surface area contributed by atoms with Gasteiger partial charge in [-0.3, -0.25) is 0 Å². The summed E-state index contributed by atoms with van der Waals surface area (Å²) in [5, 5.41) is 0. The summed E-state index contributed by atoms with van der Waals surface area (Å²) < 4.78 is 28.8. The minimum atomic E-state index is -3.78. The van der Waals surface area contributed by atoms with Crippen LogP contribution in [0, 0.1) is 0 Å². The topological polar surface area (TPSA) is 55.4 Å². The number of rotatable bonds is 4. The number of hydrogen-bond donors (Lipinski definition) is 1. The monoisotopic (exact) mass is 317 g/mol. The molecular formula is C9H10Cl3NO3S.